The van der Waals surface area contributed by atoms with Gasteiger partial charge in [-0.2, -0.15) is 0 Å². The van der Waals surface area contributed by atoms with Crippen LogP contribution in [0.2, 0.25) is 5.02 Å². The predicted molar refractivity (Wildman–Crippen MR) is 86.4 cm³/mol. The number of β-amino-alcohol motifs (C(OH)–C–C–N with tert-alkyl or cyclic N) is 1. The van der Waals surface area contributed by atoms with Gasteiger partial charge in [0.2, 0.25) is 0 Å². The van der Waals surface area contributed by atoms with Crippen molar-refractivity contribution >= 4 is 17.5 Å². The summed E-state index contributed by atoms with van der Waals surface area (Å²) in [4.78, 5) is 20.7. The molecule has 0 aliphatic carbocycles. The average Bonchev–Trinajstić information content (AvgIpc) is 3.05. The van der Waals surface area contributed by atoms with Crippen LogP contribution >= 0.6 is 11.6 Å². The summed E-state index contributed by atoms with van der Waals surface area (Å²) in [6.07, 6.45) is 1.27. The van der Waals surface area contributed by atoms with Crippen LogP contribution in [0.3, 0.4) is 0 Å². The summed E-state index contributed by atoms with van der Waals surface area (Å²) in [5.41, 5.74) is 0.947. The standard InChI is InChI=1S/C16H18ClN3O3/c17-13-4-2-1-3-12(13)15-14(18-11-23-15)16(22)20-7-5-19(6-8-20)9-10-21/h1-4,11,21H,5-10H2. The third-order valence-electron chi connectivity index (χ3n) is 3.96. The van der Waals surface area contributed by atoms with Crippen LogP contribution in [-0.4, -0.2) is 65.1 Å². The number of hydrogen-bond donors (Lipinski definition) is 1. The maximum absolute atomic E-state index is 12.7. The van der Waals surface area contributed by atoms with E-state index < -0.39 is 0 Å². The van der Waals surface area contributed by atoms with Crippen molar-refractivity contribution in [3.63, 3.8) is 0 Å². The zero-order chi connectivity index (χ0) is 16.2. The summed E-state index contributed by atoms with van der Waals surface area (Å²) >= 11 is 6.19. The first-order valence-corrected chi connectivity index (χ1v) is 7.89. The van der Waals surface area contributed by atoms with E-state index in [0.717, 1.165) is 13.1 Å². The first-order valence-electron chi connectivity index (χ1n) is 7.51. The first-order chi connectivity index (χ1) is 11.2. The zero-order valence-electron chi connectivity index (χ0n) is 12.6. The van der Waals surface area contributed by atoms with Crippen LogP contribution in [-0.2, 0) is 0 Å². The molecular weight excluding hydrogens is 318 g/mol. The van der Waals surface area contributed by atoms with E-state index in [1.54, 1.807) is 17.0 Å². The molecule has 1 N–H and O–H groups in total. The summed E-state index contributed by atoms with van der Waals surface area (Å²) in [5.74, 6) is 0.246. The van der Waals surface area contributed by atoms with Gasteiger partial charge in [0, 0.05) is 38.3 Å². The molecule has 0 unspecified atom stereocenters. The van der Waals surface area contributed by atoms with E-state index in [-0.39, 0.29) is 18.2 Å². The Kier molecular flexibility index (Phi) is 4.95. The second-order valence-electron chi connectivity index (χ2n) is 5.37. The third kappa shape index (κ3) is 3.39. The number of carbonyl (C=O) groups is 1. The molecule has 1 amide bonds. The molecule has 1 aliphatic heterocycles. The largest absolute Gasteiger partial charge is 0.443 e. The number of halogens is 1. The number of benzene rings is 1. The summed E-state index contributed by atoms with van der Waals surface area (Å²) in [6, 6.07) is 7.22. The summed E-state index contributed by atoms with van der Waals surface area (Å²) < 4.78 is 5.42. The molecule has 7 heteroatoms. The van der Waals surface area contributed by atoms with Crippen molar-refractivity contribution in [1.29, 1.82) is 0 Å². The van der Waals surface area contributed by atoms with Crippen molar-refractivity contribution in [3.8, 4) is 11.3 Å². The lowest BCUT2D eigenvalue weighted by Crippen LogP contribution is -2.49. The number of carbonyl (C=O) groups excluding carboxylic acids is 1. The van der Waals surface area contributed by atoms with Gasteiger partial charge < -0.3 is 14.4 Å². The van der Waals surface area contributed by atoms with Gasteiger partial charge in [-0.05, 0) is 12.1 Å². The van der Waals surface area contributed by atoms with E-state index in [4.69, 9.17) is 21.1 Å². The number of piperazine rings is 1. The van der Waals surface area contributed by atoms with E-state index in [1.165, 1.54) is 6.39 Å². The average molecular weight is 336 g/mol. The van der Waals surface area contributed by atoms with Gasteiger partial charge in [-0.15, -0.1) is 0 Å². The number of oxazole rings is 1. The fourth-order valence-electron chi connectivity index (χ4n) is 2.70. The highest BCUT2D eigenvalue weighted by molar-refractivity contribution is 6.33. The third-order valence-corrected chi connectivity index (χ3v) is 4.29. The summed E-state index contributed by atoms with van der Waals surface area (Å²) in [7, 11) is 0. The molecule has 2 aromatic rings. The molecule has 0 saturated carbocycles. The maximum Gasteiger partial charge on any atom is 0.276 e. The summed E-state index contributed by atoms with van der Waals surface area (Å²) in [5, 5.41) is 9.49. The van der Waals surface area contributed by atoms with Crippen LogP contribution in [0.1, 0.15) is 10.5 Å². The molecule has 1 aromatic heterocycles. The smallest absolute Gasteiger partial charge is 0.276 e. The molecule has 122 valence electrons. The van der Waals surface area contributed by atoms with E-state index in [9.17, 15) is 4.79 Å². The fourth-order valence-corrected chi connectivity index (χ4v) is 2.92. The number of aliphatic hydroxyl groups is 1. The number of aliphatic hydroxyl groups excluding tert-OH is 1. The van der Waals surface area contributed by atoms with Gasteiger partial charge in [0.25, 0.3) is 5.91 Å². The molecule has 0 radical (unpaired) electrons. The molecule has 6 nitrogen and oxygen atoms in total. The van der Waals surface area contributed by atoms with E-state index in [0.29, 0.717) is 36.0 Å². The molecule has 23 heavy (non-hydrogen) atoms. The Bertz CT molecular complexity index is 681. The molecule has 0 bridgehead atoms. The van der Waals surface area contributed by atoms with Gasteiger partial charge in [0.15, 0.2) is 17.8 Å². The van der Waals surface area contributed by atoms with Gasteiger partial charge in [0.1, 0.15) is 0 Å². The lowest BCUT2D eigenvalue weighted by molar-refractivity contribution is 0.0610. The molecule has 1 fully saturated rings. The number of hydrogen-bond acceptors (Lipinski definition) is 5. The number of amides is 1. The molecule has 1 aromatic carbocycles. The fraction of sp³-hybridized carbons (Fsp3) is 0.375. The minimum absolute atomic E-state index is 0.133. The molecule has 2 heterocycles. The van der Waals surface area contributed by atoms with E-state index >= 15 is 0 Å². The normalized spacial score (nSPS) is 15.8. The van der Waals surface area contributed by atoms with Crippen molar-refractivity contribution in [2.24, 2.45) is 0 Å². The highest BCUT2D eigenvalue weighted by atomic mass is 35.5. The van der Waals surface area contributed by atoms with Gasteiger partial charge in [-0.3, -0.25) is 9.69 Å². The number of rotatable bonds is 4. The number of nitrogens with zero attached hydrogens (tertiary/aromatic N) is 3. The van der Waals surface area contributed by atoms with Crippen LogP contribution < -0.4 is 0 Å². The van der Waals surface area contributed by atoms with Crippen LogP contribution in [0, 0.1) is 0 Å². The van der Waals surface area contributed by atoms with Crippen LogP contribution in [0.15, 0.2) is 35.1 Å². The van der Waals surface area contributed by atoms with Crippen molar-refractivity contribution in [3.05, 3.63) is 41.4 Å². The molecule has 3 rings (SSSR count). The Hall–Kier alpha value is -1.89. The Morgan fingerprint density at radius 2 is 2.00 bits per heavy atom. The Morgan fingerprint density at radius 1 is 1.26 bits per heavy atom. The van der Waals surface area contributed by atoms with Crippen molar-refractivity contribution < 1.29 is 14.3 Å². The molecule has 0 atom stereocenters. The lowest BCUT2D eigenvalue weighted by atomic mass is 10.1. The Labute approximate surface area is 139 Å². The van der Waals surface area contributed by atoms with Crippen LogP contribution in [0.4, 0.5) is 0 Å². The van der Waals surface area contributed by atoms with Gasteiger partial charge >= 0.3 is 0 Å². The van der Waals surface area contributed by atoms with Crippen molar-refractivity contribution in [2.45, 2.75) is 0 Å². The van der Waals surface area contributed by atoms with Gasteiger partial charge in [-0.25, -0.2) is 4.98 Å². The van der Waals surface area contributed by atoms with Crippen molar-refractivity contribution in [2.75, 3.05) is 39.3 Å². The zero-order valence-corrected chi connectivity index (χ0v) is 13.4. The Balaban J connectivity index is 1.77. The summed E-state index contributed by atoms with van der Waals surface area (Å²) in [6.45, 7) is 3.46. The maximum atomic E-state index is 12.7. The van der Waals surface area contributed by atoms with Gasteiger partial charge in [0.05, 0.1) is 11.6 Å². The minimum atomic E-state index is -0.155. The molecule has 1 aliphatic rings. The van der Waals surface area contributed by atoms with Crippen molar-refractivity contribution in [1.82, 2.24) is 14.8 Å². The molecule has 0 spiro atoms. The highest BCUT2D eigenvalue weighted by Crippen LogP contribution is 2.30. The SMILES string of the molecule is O=C(c1ncoc1-c1ccccc1Cl)N1CCN(CCO)CC1. The quantitative estimate of drug-likeness (QED) is 0.921. The topological polar surface area (TPSA) is 69.8 Å². The highest BCUT2D eigenvalue weighted by Gasteiger charge is 2.27. The second-order valence-corrected chi connectivity index (χ2v) is 5.77. The lowest BCUT2D eigenvalue weighted by Gasteiger charge is -2.34. The molecular formula is C16H18ClN3O3. The van der Waals surface area contributed by atoms with E-state index in [1.807, 2.05) is 12.1 Å². The van der Waals surface area contributed by atoms with Crippen LogP contribution in [0.25, 0.3) is 11.3 Å². The second kappa shape index (κ2) is 7.12. The Morgan fingerprint density at radius 3 is 2.70 bits per heavy atom. The monoisotopic (exact) mass is 335 g/mol. The molecule has 1 saturated heterocycles. The van der Waals surface area contributed by atoms with E-state index in [2.05, 4.69) is 9.88 Å². The van der Waals surface area contributed by atoms with Crippen LogP contribution in [0.5, 0.6) is 0 Å². The first kappa shape index (κ1) is 16.0. The number of aromatic nitrogens is 1. The minimum Gasteiger partial charge on any atom is -0.443 e. The predicted octanol–water partition coefficient (Wildman–Crippen LogP) is 1.75. The van der Waals surface area contributed by atoms with Gasteiger partial charge in [-0.1, -0.05) is 23.7 Å².